The Kier molecular flexibility index (Phi) is 5.29. The molecule has 5 nitrogen and oxygen atoms in total. The van der Waals surface area contributed by atoms with Gasteiger partial charge in [-0.3, -0.25) is 10.1 Å². The van der Waals surface area contributed by atoms with E-state index in [0.29, 0.717) is 6.54 Å². The molecule has 0 aliphatic carbocycles. The van der Waals surface area contributed by atoms with E-state index in [2.05, 4.69) is 5.32 Å². The van der Waals surface area contributed by atoms with E-state index in [1.54, 1.807) is 19.2 Å². The van der Waals surface area contributed by atoms with Crippen molar-refractivity contribution in [3.63, 3.8) is 0 Å². The molecule has 5 heteroatoms. The number of hydrogen-bond acceptors (Lipinski definition) is 4. The fourth-order valence-corrected chi connectivity index (χ4v) is 1.99. The summed E-state index contributed by atoms with van der Waals surface area (Å²) in [6.07, 6.45) is 0.928. The van der Waals surface area contributed by atoms with E-state index in [4.69, 9.17) is 4.74 Å². The van der Waals surface area contributed by atoms with Crippen molar-refractivity contribution in [2.24, 2.45) is 0 Å². The first kappa shape index (κ1) is 15.0. The number of nitro benzene ring substituents is 1. The minimum atomic E-state index is -0.388. The highest BCUT2D eigenvalue weighted by Crippen LogP contribution is 2.12. The van der Waals surface area contributed by atoms with Crippen molar-refractivity contribution in [1.29, 1.82) is 0 Å². The smallest absolute Gasteiger partial charge is 0.269 e. The maximum absolute atomic E-state index is 10.6. The number of hydrogen-bond donors (Lipinski definition) is 1. The molecule has 110 valence electrons. The number of non-ortho nitro benzene ring substituents is 1. The Morgan fingerprint density at radius 3 is 2.24 bits per heavy atom. The number of nitrogens with one attached hydrogen (secondary N) is 1. The maximum atomic E-state index is 10.6. The van der Waals surface area contributed by atoms with Gasteiger partial charge >= 0.3 is 0 Å². The number of nitro groups is 1. The van der Waals surface area contributed by atoms with E-state index < -0.39 is 0 Å². The van der Waals surface area contributed by atoms with Crippen molar-refractivity contribution in [2.75, 3.05) is 13.7 Å². The van der Waals surface area contributed by atoms with Gasteiger partial charge in [-0.15, -0.1) is 0 Å². The molecule has 0 atom stereocenters. The highest BCUT2D eigenvalue weighted by molar-refractivity contribution is 5.32. The van der Waals surface area contributed by atoms with Gasteiger partial charge in [-0.2, -0.15) is 0 Å². The molecule has 0 saturated carbocycles. The van der Waals surface area contributed by atoms with Gasteiger partial charge in [0.1, 0.15) is 5.75 Å². The minimum Gasteiger partial charge on any atom is -0.497 e. The summed E-state index contributed by atoms with van der Waals surface area (Å²) in [4.78, 5) is 10.2. The molecule has 0 spiro atoms. The Morgan fingerprint density at radius 1 is 1.05 bits per heavy atom. The number of rotatable bonds is 7. The van der Waals surface area contributed by atoms with Crippen LogP contribution in [-0.4, -0.2) is 18.6 Å². The average Bonchev–Trinajstić information content (AvgIpc) is 2.52. The van der Waals surface area contributed by atoms with Crippen molar-refractivity contribution in [3.8, 4) is 5.75 Å². The molecule has 2 aromatic rings. The average molecular weight is 286 g/mol. The lowest BCUT2D eigenvalue weighted by atomic mass is 10.1. The second kappa shape index (κ2) is 7.40. The van der Waals surface area contributed by atoms with E-state index >= 15 is 0 Å². The van der Waals surface area contributed by atoms with Crippen LogP contribution in [0.3, 0.4) is 0 Å². The van der Waals surface area contributed by atoms with Gasteiger partial charge in [-0.05, 0) is 36.2 Å². The summed E-state index contributed by atoms with van der Waals surface area (Å²) in [6, 6.07) is 14.6. The van der Waals surface area contributed by atoms with Crippen molar-refractivity contribution in [3.05, 3.63) is 69.8 Å². The van der Waals surface area contributed by atoms with Gasteiger partial charge in [0, 0.05) is 18.7 Å². The number of methoxy groups -OCH3 is 1. The van der Waals surface area contributed by atoms with Crippen molar-refractivity contribution < 1.29 is 9.66 Å². The fourth-order valence-electron chi connectivity index (χ4n) is 1.99. The molecular formula is C16H18N2O3. The molecule has 0 saturated heterocycles. The molecule has 2 rings (SSSR count). The van der Waals surface area contributed by atoms with Gasteiger partial charge in [-0.25, -0.2) is 0 Å². The second-order valence-corrected chi connectivity index (χ2v) is 4.70. The molecular weight excluding hydrogens is 268 g/mol. The summed E-state index contributed by atoms with van der Waals surface area (Å²) in [5.74, 6) is 0.859. The Bertz CT molecular complexity index is 579. The summed E-state index contributed by atoms with van der Waals surface area (Å²) in [7, 11) is 1.65. The van der Waals surface area contributed by atoms with E-state index in [9.17, 15) is 10.1 Å². The molecule has 1 N–H and O–H groups in total. The lowest BCUT2D eigenvalue weighted by Gasteiger charge is -2.06. The molecule has 0 radical (unpaired) electrons. The molecule has 0 aliphatic rings. The van der Waals surface area contributed by atoms with Gasteiger partial charge in [-0.1, -0.05) is 24.3 Å². The van der Waals surface area contributed by atoms with E-state index in [1.807, 2.05) is 24.3 Å². The molecule has 0 amide bonds. The Morgan fingerprint density at radius 2 is 1.67 bits per heavy atom. The van der Waals surface area contributed by atoms with E-state index in [-0.39, 0.29) is 10.6 Å². The topological polar surface area (TPSA) is 64.4 Å². The zero-order valence-electron chi connectivity index (χ0n) is 11.9. The minimum absolute atomic E-state index is 0.122. The lowest BCUT2D eigenvalue weighted by molar-refractivity contribution is -0.384. The summed E-state index contributed by atoms with van der Waals surface area (Å²) < 4.78 is 5.12. The SMILES string of the molecule is COc1ccc(CCNCc2ccc([N+](=O)[O-])cc2)cc1. The first-order chi connectivity index (χ1) is 10.2. The van der Waals surface area contributed by atoms with Crippen LogP contribution < -0.4 is 10.1 Å². The highest BCUT2D eigenvalue weighted by Gasteiger charge is 2.03. The molecule has 0 aromatic heterocycles. The van der Waals surface area contributed by atoms with Crippen LogP contribution >= 0.6 is 0 Å². The van der Waals surface area contributed by atoms with Crippen molar-refractivity contribution >= 4 is 5.69 Å². The first-order valence-corrected chi connectivity index (χ1v) is 6.76. The van der Waals surface area contributed by atoms with Gasteiger partial charge in [0.25, 0.3) is 5.69 Å². The second-order valence-electron chi connectivity index (χ2n) is 4.70. The first-order valence-electron chi connectivity index (χ1n) is 6.76. The molecule has 0 aliphatic heterocycles. The van der Waals surface area contributed by atoms with Gasteiger partial charge in [0.2, 0.25) is 0 Å². The lowest BCUT2D eigenvalue weighted by Crippen LogP contribution is -2.16. The highest BCUT2D eigenvalue weighted by atomic mass is 16.6. The van der Waals surface area contributed by atoms with Crippen LogP contribution in [0.2, 0.25) is 0 Å². The molecule has 21 heavy (non-hydrogen) atoms. The Labute approximate surface area is 123 Å². The van der Waals surface area contributed by atoms with Crippen LogP contribution in [0.4, 0.5) is 5.69 Å². The van der Waals surface area contributed by atoms with Crippen LogP contribution in [0.5, 0.6) is 5.75 Å². The molecule has 2 aromatic carbocycles. The van der Waals surface area contributed by atoms with Crippen LogP contribution in [0.25, 0.3) is 0 Å². The summed E-state index contributed by atoms with van der Waals surface area (Å²) in [5, 5.41) is 13.9. The number of benzene rings is 2. The molecule has 0 bridgehead atoms. The Hall–Kier alpha value is -2.40. The number of nitrogens with zero attached hydrogens (tertiary/aromatic N) is 1. The third-order valence-electron chi connectivity index (χ3n) is 3.23. The largest absolute Gasteiger partial charge is 0.497 e. The molecule has 0 fully saturated rings. The van der Waals surface area contributed by atoms with Crippen LogP contribution in [0.1, 0.15) is 11.1 Å². The quantitative estimate of drug-likeness (QED) is 0.483. The normalized spacial score (nSPS) is 10.3. The molecule has 0 heterocycles. The van der Waals surface area contributed by atoms with Crippen molar-refractivity contribution in [2.45, 2.75) is 13.0 Å². The zero-order valence-corrected chi connectivity index (χ0v) is 11.9. The number of ether oxygens (including phenoxy) is 1. The van der Waals surface area contributed by atoms with E-state index in [1.165, 1.54) is 17.7 Å². The zero-order chi connectivity index (χ0) is 15.1. The molecule has 0 unspecified atom stereocenters. The third-order valence-corrected chi connectivity index (χ3v) is 3.23. The summed E-state index contributed by atoms with van der Waals surface area (Å²) in [5.41, 5.74) is 2.40. The van der Waals surface area contributed by atoms with Crippen LogP contribution in [-0.2, 0) is 13.0 Å². The maximum Gasteiger partial charge on any atom is 0.269 e. The van der Waals surface area contributed by atoms with Gasteiger partial charge < -0.3 is 10.1 Å². The van der Waals surface area contributed by atoms with Crippen LogP contribution in [0, 0.1) is 10.1 Å². The predicted octanol–water partition coefficient (Wildman–Crippen LogP) is 2.94. The Balaban J connectivity index is 1.74. The standard InChI is InChI=1S/C16H18N2O3/c1-21-16-8-4-13(5-9-16)10-11-17-12-14-2-6-15(7-3-14)18(19)20/h2-9,17H,10-12H2,1H3. The van der Waals surface area contributed by atoms with Crippen LogP contribution in [0.15, 0.2) is 48.5 Å². The predicted molar refractivity (Wildman–Crippen MR) is 81.5 cm³/mol. The monoisotopic (exact) mass is 286 g/mol. The summed E-state index contributed by atoms with van der Waals surface area (Å²) in [6.45, 7) is 1.55. The van der Waals surface area contributed by atoms with Gasteiger partial charge in [0.15, 0.2) is 0 Å². The van der Waals surface area contributed by atoms with Gasteiger partial charge in [0.05, 0.1) is 12.0 Å². The summed E-state index contributed by atoms with van der Waals surface area (Å²) >= 11 is 0. The van der Waals surface area contributed by atoms with Crippen molar-refractivity contribution in [1.82, 2.24) is 5.32 Å². The van der Waals surface area contributed by atoms with E-state index in [0.717, 1.165) is 24.3 Å². The third kappa shape index (κ3) is 4.57. The fraction of sp³-hybridized carbons (Fsp3) is 0.250.